The topological polar surface area (TPSA) is 175 Å². The van der Waals surface area contributed by atoms with Crippen molar-refractivity contribution in [2.75, 3.05) is 60.7 Å². The molecule has 0 fully saturated rings. The number of nitrogens with zero attached hydrogens (tertiary/aromatic N) is 4. The number of halogens is 1. The zero-order valence-corrected chi connectivity index (χ0v) is 30.3. The average molecular weight is 721 g/mol. The minimum absolute atomic E-state index is 0.197. The molecule has 270 valence electrons. The molecule has 0 amide bonds. The predicted molar refractivity (Wildman–Crippen MR) is 194 cm³/mol. The Morgan fingerprint density at radius 2 is 1.78 bits per heavy atom. The number of carbonyl (C=O) groups excluding carboxylic acids is 1. The lowest BCUT2D eigenvalue weighted by molar-refractivity contribution is -0.0106. The average Bonchev–Trinajstić information content (AvgIpc) is 3.47. The molecule has 49 heavy (non-hydrogen) atoms. The Labute approximate surface area is 293 Å². The van der Waals surface area contributed by atoms with Crippen LogP contribution in [0, 0.1) is 0 Å². The van der Waals surface area contributed by atoms with Crippen LogP contribution in [-0.4, -0.2) is 72.8 Å². The number of hydrogen-bond donors (Lipinski definition) is 4. The molecular formula is C33H50ClN8O6P. The Bertz CT molecular complexity index is 1540. The highest BCUT2D eigenvalue weighted by atomic mass is 35.5. The van der Waals surface area contributed by atoms with E-state index in [-0.39, 0.29) is 18.6 Å². The molecule has 2 unspecified atom stereocenters. The predicted octanol–water partition coefficient (Wildman–Crippen LogP) is 7.36. The molecule has 0 aliphatic carbocycles. The van der Waals surface area contributed by atoms with Gasteiger partial charge in [-0.2, -0.15) is 0 Å². The van der Waals surface area contributed by atoms with Gasteiger partial charge in [-0.05, 0) is 57.9 Å². The second kappa shape index (κ2) is 19.7. The van der Waals surface area contributed by atoms with E-state index in [0.717, 1.165) is 61.7 Å². The first-order chi connectivity index (χ1) is 23.6. The fourth-order valence-electron chi connectivity index (χ4n) is 5.36. The van der Waals surface area contributed by atoms with E-state index in [1.807, 2.05) is 36.1 Å². The van der Waals surface area contributed by atoms with Crippen LogP contribution in [-0.2, 0) is 23.3 Å². The number of nitrogens with one attached hydrogen (secondary N) is 3. The maximum Gasteiger partial charge on any atom is 0.510 e. The van der Waals surface area contributed by atoms with Crippen LogP contribution in [0.3, 0.4) is 0 Å². The molecule has 1 aliphatic rings. The van der Waals surface area contributed by atoms with Crippen molar-refractivity contribution in [1.82, 2.24) is 20.0 Å². The molecule has 1 aliphatic heterocycles. The van der Waals surface area contributed by atoms with Crippen LogP contribution < -0.4 is 26.4 Å². The monoisotopic (exact) mass is 720 g/mol. The summed E-state index contributed by atoms with van der Waals surface area (Å²) in [5, 5.41) is 11.5. The number of carbonyl (C=O) groups is 1. The van der Waals surface area contributed by atoms with Crippen molar-refractivity contribution in [2.24, 2.45) is 0 Å². The van der Waals surface area contributed by atoms with E-state index >= 15 is 0 Å². The van der Waals surface area contributed by atoms with Gasteiger partial charge in [0, 0.05) is 41.9 Å². The van der Waals surface area contributed by atoms with E-state index in [1.165, 1.54) is 19.2 Å². The quantitative estimate of drug-likeness (QED) is 0.0350. The van der Waals surface area contributed by atoms with E-state index in [2.05, 4.69) is 30.7 Å². The summed E-state index contributed by atoms with van der Waals surface area (Å²) in [5.41, 5.74) is 8.60. The first-order valence-corrected chi connectivity index (χ1v) is 19.1. The van der Waals surface area contributed by atoms with Crippen molar-refractivity contribution in [3.8, 4) is 0 Å². The third kappa shape index (κ3) is 12.8. The summed E-state index contributed by atoms with van der Waals surface area (Å²) >= 11 is 6.10. The number of benzene rings is 1. The van der Waals surface area contributed by atoms with Crippen LogP contribution >= 0.6 is 19.1 Å². The van der Waals surface area contributed by atoms with Crippen LogP contribution in [0.5, 0.6) is 0 Å². The van der Waals surface area contributed by atoms with E-state index in [0.29, 0.717) is 42.1 Å². The summed E-state index contributed by atoms with van der Waals surface area (Å²) in [7, 11) is -3.50. The van der Waals surface area contributed by atoms with Crippen molar-refractivity contribution in [3.05, 3.63) is 41.8 Å². The van der Waals surface area contributed by atoms with Gasteiger partial charge in [-0.15, -0.1) is 0 Å². The molecule has 4 rings (SSSR count). The largest absolute Gasteiger partial charge is 0.510 e. The highest BCUT2D eigenvalue weighted by Gasteiger charge is 2.28. The van der Waals surface area contributed by atoms with Crippen molar-refractivity contribution in [2.45, 2.75) is 84.3 Å². The number of fused-ring (bicyclic) bond motifs is 2. The fourth-order valence-corrected chi connectivity index (χ4v) is 6.96. The molecule has 3 heterocycles. The summed E-state index contributed by atoms with van der Waals surface area (Å²) in [6, 6.07) is 7.78. The smallest absolute Gasteiger partial charge is 0.432 e. The summed E-state index contributed by atoms with van der Waals surface area (Å²) < 4.78 is 35.1. The highest BCUT2D eigenvalue weighted by molar-refractivity contribution is 7.56. The molecule has 3 aromatic rings. The van der Waals surface area contributed by atoms with Gasteiger partial charge >= 0.3 is 6.16 Å². The lowest BCUT2D eigenvalue weighted by atomic mass is 10.1. The molecule has 0 saturated carbocycles. The molecular weight excluding hydrogens is 671 g/mol. The number of aromatic nitrogens is 3. The number of pyridine rings is 1. The third-order valence-electron chi connectivity index (χ3n) is 7.86. The molecule has 0 spiro atoms. The Morgan fingerprint density at radius 1 is 1.04 bits per heavy atom. The van der Waals surface area contributed by atoms with Gasteiger partial charge in [-0.3, -0.25) is 14.1 Å². The van der Waals surface area contributed by atoms with Gasteiger partial charge in [0.25, 0.3) is 7.52 Å². The molecule has 2 atom stereocenters. The lowest BCUT2D eigenvalue weighted by Crippen LogP contribution is -2.33. The molecule has 2 aromatic heterocycles. The minimum Gasteiger partial charge on any atom is -0.432 e. The second-order valence-corrected chi connectivity index (χ2v) is 14.9. The zero-order valence-electron chi connectivity index (χ0n) is 28.7. The Morgan fingerprint density at radius 3 is 2.53 bits per heavy atom. The van der Waals surface area contributed by atoms with Crippen LogP contribution in [0.2, 0.25) is 5.02 Å². The van der Waals surface area contributed by atoms with Gasteiger partial charge in [-0.1, -0.05) is 50.1 Å². The number of nitrogens with two attached hydrogens (primary N) is 1. The highest BCUT2D eigenvalue weighted by Crippen LogP contribution is 2.43. The van der Waals surface area contributed by atoms with Crippen LogP contribution in [0.1, 0.15) is 72.1 Å². The van der Waals surface area contributed by atoms with Crippen LogP contribution in [0.4, 0.5) is 27.8 Å². The third-order valence-corrected chi connectivity index (χ3v) is 9.81. The molecule has 1 aromatic carbocycles. The zero-order chi connectivity index (χ0) is 35.1. The fraction of sp³-hybridized carbons (Fsp3) is 0.576. The number of anilines is 4. The maximum absolute atomic E-state index is 13.7. The summed E-state index contributed by atoms with van der Waals surface area (Å²) in [4.78, 5) is 26.5. The van der Waals surface area contributed by atoms with Crippen molar-refractivity contribution < 1.29 is 28.1 Å². The normalized spacial score (nSPS) is 14.3. The molecule has 0 bridgehead atoms. The van der Waals surface area contributed by atoms with Gasteiger partial charge in [0.2, 0.25) is 6.79 Å². The molecule has 14 nitrogen and oxygen atoms in total. The van der Waals surface area contributed by atoms with Gasteiger partial charge < -0.3 is 35.5 Å². The van der Waals surface area contributed by atoms with E-state index < -0.39 is 20.5 Å². The summed E-state index contributed by atoms with van der Waals surface area (Å²) in [5.74, 6) is 1.07. The number of nitrogen functional groups attached to an aromatic ring is 1. The lowest BCUT2D eigenvalue weighted by Gasteiger charge is -2.25. The van der Waals surface area contributed by atoms with E-state index in [1.54, 1.807) is 20.0 Å². The second-order valence-electron chi connectivity index (χ2n) is 12.3. The van der Waals surface area contributed by atoms with Crippen LogP contribution in [0.15, 0.2) is 36.8 Å². The summed E-state index contributed by atoms with van der Waals surface area (Å²) in [6.07, 6.45) is 10.2. The van der Waals surface area contributed by atoms with E-state index in [9.17, 15) is 9.36 Å². The maximum atomic E-state index is 13.7. The van der Waals surface area contributed by atoms with Crippen LogP contribution in [0.25, 0.3) is 10.9 Å². The summed E-state index contributed by atoms with van der Waals surface area (Å²) in [6.45, 7) is 7.14. The Hall–Kier alpha value is -3.42. The number of rotatable bonds is 22. The van der Waals surface area contributed by atoms with Gasteiger partial charge in [-0.25, -0.2) is 19.8 Å². The van der Waals surface area contributed by atoms with Gasteiger partial charge in [0.05, 0.1) is 24.4 Å². The number of unbranched alkanes of at least 4 members (excludes halogenated alkanes) is 7. The first kappa shape index (κ1) is 38.4. The number of ether oxygens (including phenoxy) is 3. The Kier molecular flexibility index (Phi) is 15.4. The number of hydrogen-bond acceptors (Lipinski definition) is 13. The Balaban J connectivity index is 1.10. The first-order valence-electron chi connectivity index (χ1n) is 16.9. The van der Waals surface area contributed by atoms with Gasteiger partial charge in [0.15, 0.2) is 11.6 Å². The minimum atomic E-state index is -3.50. The molecule has 0 radical (unpaired) electrons. The standard InChI is InChI=1S/C33H50ClN8O6P/c1-24(2)48-33(43)45-22-47-49(44,23-46-25(3)19-42-21-40-30-31(35)38-20-39-32(30)42)41-16-11-9-7-5-4-6-8-10-15-36-28-14-17-37-29-18-26(34)12-13-27(28)29/h12-14,17-18,20,24-25,40H,4-11,15-16,19,21-23H2,1-3H3,(H,36,37)(H,41,44)(H2,35,38,39). The van der Waals surface area contributed by atoms with Gasteiger partial charge in [0.1, 0.15) is 18.4 Å². The van der Waals surface area contributed by atoms with Crippen molar-refractivity contribution >= 4 is 59.2 Å². The van der Waals surface area contributed by atoms with E-state index in [4.69, 9.17) is 36.1 Å². The SMILES string of the molecule is CC(C)OC(=O)OCOP(=O)(COC(C)CN1CNc2c(N)ncnc21)NCCCCCCCCCCNc1ccnc2cc(Cl)ccc12. The molecule has 5 N–H and O–H groups in total. The molecule has 0 saturated heterocycles. The molecule has 16 heteroatoms. The van der Waals surface area contributed by atoms with Crippen molar-refractivity contribution in [1.29, 1.82) is 0 Å². The van der Waals surface area contributed by atoms with Crippen molar-refractivity contribution in [3.63, 3.8) is 0 Å².